The van der Waals surface area contributed by atoms with Gasteiger partial charge in [-0.3, -0.25) is 4.79 Å². The number of nitrogens with one attached hydrogen (secondary N) is 1. The van der Waals surface area contributed by atoms with Gasteiger partial charge >= 0.3 is 0 Å². The number of carbonyl (C=O) groups excluding carboxylic acids is 1. The summed E-state index contributed by atoms with van der Waals surface area (Å²) in [5.41, 5.74) is 1.12. The molecule has 1 atom stereocenters. The second-order valence-corrected chi connectivity index (χ2v) is 6.07. The molecule has 0 saturated carbocycles. The Morgan fingerprint density at radius 3 is 2.50 bits per heavy atom. The number of methoxy groups -OCH3 is 1. The number of ether oxygens (including phenoxy) is 2. The molecule has 0 radical (unpaired) electrons. The summed E-state index contributed by atoms with van der Waals surface area (Å²) in [6.45, 7) is 2.20. The summed E-state index contributed by atoms with van der Waals surface area (Å²) in [5, 5.41) is 3.74. The van der Waals surface area contributed by atoms with E-state index in [-0.39, 0.29) is 5.91 Å². The van der Waals surface area contributed by atoms with Crippen molar-refractivity contribution in [3.8, 4) is 11.5 Å². The van der Waals surface area contributed by atoms with Crippen LogP contribution in [0.5, 0.6) is 11.5 Å². The Hall–Kier alpha value is -1.91. The zero-order valence-corrected chi connectivity index (χ0v) is 15.0. The van der Waals surface area contributed by atoms with Gasteiger partial charge in [-0.05, 0) is 49.2 Å². The number of benzene rings is 2. The lowest BCUT2D eigenvalue weighted by molar-refractivity contribution is -0.127. The van der Waals surface area contributed by atoms with E-state index in [0.717, 1.165) is 17.7 Å². The van der Waals surface area contributed by atoms with Crippen molar-refractivity contribution in [2.45, 2.75) is 19.4 Å². The van der Waals surface area contributed by atoms with Gasteiger partial charge in [0, 0.05) is 11.6 Å². The van der Waals surface area contributed by atoms with E-state index < -0.39 is 6.10 Å². The van der Waals surface area contributed by atoms with Gasteiger partial charge in [0.25, 0.3) is 5.91 Å². The SMILES string of the molecule is COc1ccc(CCNC(=O)[C@H](C)Oc2ccc(Cl)cc2Cl)cc1. The molecule has 0 heterocycles. The molecule has 128 valence electrons. The predicted molar refractivity (Wildman–Crippen MR) is 96.3 cm³/mol. The third kappa shape index (κ3) is 5.32. The maximum Gasteiger partial charge on any atom is 0.260 e. The Morgan fingerprint density at radius 2 is 1.88 bits per heavy atom. The fourth-order valence-electron chi connectivity index (χ4n) is 2.08. The third-order valence-electron chi connectivity index (χ3n) is 3.44. The van der Waals surface area contributed by atoms with Crippen molar-refractivity contribution in [1.29, 1.82) is 0 Å². The standard InChI is InChI=1S/C18H19Cl2NO3/c1-12(24-17-8-5-14(19)11-16(17)20)18(22)21-10-9-13-3-6-15(23-2)7-4-13/h3-8,11-12H,9-10H2,1-2H3,(H,21,22)/t12-/m0/s1. The van der Waals surface area contributed by atoms with Crippen molar-refractivity contribution >= 4 is 29.1 Å². The van der Waals surface area contributed by atoms with Crippen LogP contribution in [-0.4, -0.2) is 25.7 Å². The quantitative estimate of drug-likeness (QED) is 0.800. The van der Waals surface area contributed by atoms with Crippen LogP contribution in [-0.2, 0) is 11.2 Å². The highest BCUT2D eigenvalue weighted by Gasteiger charge is 2.15. The van der Waals surface area contributed by atoms with Gasteiger partial charge < -0.3 is 14.8 Å². The second kappa shape index (κ2) is 8.81. The normalized spacial score (nSPS) is 11.7. The molecule has 0 unspecified atom stereocenters. The van der Waals surface area contributed by atoms with Gasteiger partial charge in [0.15, 0.2) is 6.10 Å². The molecule has 0 bridgehead atoms. The monoisotopic (exact) mass is 367 g/mol. The lowest BCUT2D eigenvalue weighted by Crippen LogP contribution is -2.37. The molecule has 2 aromatic carbocycles. The van der Waals surface area contributed by atoms with Gasteiger partial charge in [0.1, 0.15) is 11.5 Å². The van der Waals surface area contributed by atoms with E-state index in [2.05, 4.69) is 5.32 Å². The smallest absolute Gasteiger partial charge is 0.260 e. The molecule has 24 heavy (non-hydrogen) atoms. The maximum absolute atomic E-state index is 12.1. The maximum atomic E-state index is 12.1. The zero-order chi connectivity index (χ0) is 17.5. The molecule has 0 saturated heterocycles. The van der Waals surface area contributed by atoms with Crippen LogP contribution in [0.4, 0.5) is 0 Å². The van der Waals surface area contributed by atoms with Gasteiger partial charge in [-0.15, -0.1) is 0 Å². The summed E-state index contributed by atoms with van der Waals surface area (Å²) >= 11 is 11.9. The van der Waals surface area contributed by atoms with Crippen molar-refractivity contribution < 1.29 is 14.3 Å². The molecule has 0 spiro atoms. The number of carbonyl (C=O) groups is 1. The van der Waals surface area contributed by atoms with Crippen molar-refractivity contribution in [2.75, 3.05) is 13.7 Å². The molecular formula is C18H19Cl2NO3. The Morgan fingerprint density at radius 1 is 1.17 bits per heavy atom. The number of hydrogen-bond donors (Lipinski definition) is 1. The molecule has 1 N–H and O–H groups in total. The molecule has 0 aliphatic carbocycles. The first-order chi connectivity index (χ1) is 11.5. The fourth-order valence-corrected chi connectivity index (χ4v) is 2.53. The Labute approximate surface area is 151 Å². The van der Waals surface area contributed by atoms with E-state index in [0.29, 0.717) is 22.3 Å². The first-order valence-electron chi connectivity index (χ1n) is 7.52. The topological polar surface area (TPSA) is 47.6 Å². The molecule has 0 aromatic heterocycles. The lowest BCUT2D eigenvalue weighted by atomic mass is 10.1. The van der Waals surface area contributed by atoms with E-state index in [4.69, 9.17) is 32.7 Å². The zero-order valence-electron chi connectivity index (χ0n) is 13.5. The van der Waals surface area contributed by atoms with E-state index in [9.17, 15) is 4.79 Å². The Kier molecular flexibility index (Phi) is 6.76. The first kappa shape index (κ1) is 18.4. The third-order valence-corrected chi connectivity index (χ3v) is 3.97. The first-order valence-corrected chi connectivity index (χ1v) is 8.27. The molecule has 0 fully saturated rings. The van der Waals surface area contributed by atoms with Crippen molar-refractivity contribution in [1.82, 2.24) is 5.32 Å². The number of halogens is 2. The highest BCUT2D eigenvalue weighted by Crippen LogP contribution is 2.28. The van der Waals surface area contributed by atoms with Crippen LogP contribution in [0.2, 0.25) is 10.0 Å². The van der Waals surface area contributed by atoms with Crippen LogP contribution >= 0.6 is 23.2 Å². The second-order valence-electron chi connectivity index (χ2n) is 5.22. The van der Waals surface area contributed by atoms with Crippen molar-refractivity contribution in [3.05, 3.63) is 58.1 Å². The largest absolute Gasteiger partial charge is 0.497 e. The average molecular weight is 368 g/mol. The average Bonchev–Trinajstić information content (AvgIpc) is 2.57. The molecule has 4 nitrogen and oxygen atoms in total. The van der Waals surface area contributed by atoms with Gasteiger partial charge in [-0.25, -0.2) is 0 Å². The highest BCUT2D eigenvalue weighted by atomic mass is 35.5. The number of amides is 1. The summed E-state index contributed by atoms with van der Waals surface area (Å²) in [6.07, 6.45) is 0.0731. The van der Waals surface area contributed by atoms with Gasteiger partial charge in [-0.2, -0.15) is 0 Å². The Balaban J connectivity index is 1.80. The van der Waals surface area contributed by atoms with Crippen LogP contribution in [0.3, 0.4) is 0 Å². The molecule has 1 amide bonds. The summed E-state index contributed by atoms with van der Waals surface area (Å²) in [4.78, 5) is 12.1. The van der Waals surface area contributed by atoms with E-state index in [1.807, 2.05) is 24.3 Å². The summed E-state index contributed by atoms with van der Waals surface area (Å²) in [6, 6.07) is 12.6. The summed E-state index contributed by atoms with van der Waals surface area (Å²) in [7, 11) is 1.63. The van der Waals surface area contributed by atoms with Gasteiger partial charge in [0.05, 0.1) is 12.1 Å². The van der Waals surface area contributed by atoms with Crippen molar-refractivity contribution in [3.63, 3.8) is 0 Å². The molecule has 2 aromatic rings. The Bertz CT molecular complexity index is 689. The van der Waals surface area contributed by atoms with Gasteiger partial charge in [0.2, 0.25) is 0 Å². The lowest BCUT2D eigenvalue weighted by Gasteiger charge is -2.15. The van der Waals surface area contributed by atoms with E-state index >= 15 is 0 Å². The molecule has 0 aliphatic heterocycles. The van der Waals surface area contributed by atoms with Gasteiger partial charge in [-0.1, -0.05) is 35.3 Å². The van der Waals surface area contributed by atoms with Crippen LogP contribution in [0.25, 0.3) is 0 Å². The predicted octanol–water partition coefficient (Wildman–Crippen LogP) is 4.13. The number of rotatable bonds is 7. The molecule has 0 aliphatic rings. The minimum absolute atomic E-state index is 0.200. The van der Waals surface area contributed by atoms with Crippen molar-refractivity contribution in [2.24, 2.45) is 0 Å². The summed E-state index contributed by atoms with van der Waals surface area (Å²) in [5.74, 6) is 1.04. The molecule has 6 heteroatoms. The fraction of sp³-hybridized carbons (Fsp3) is 0.278. The van der Waals surface area contributed by atoms with Crippen LogP contribution < -0.4 is 14.8 Å². The van der Waals surface area contributed by atoms with Crippen LogP contribution in [0.15, 0.2) is 42.5 Å². The molecule has 2 rings (SSSR count). The number of hydrogen-bond acceptors (Lipinski definition) is 3. The van der Waals surface area contributed by atoms with E-state index in [1.165, 1.54) is 0 Å². The highest BCUT2D eigenvalue weighted by molar-refractivity contribution is 6.35. The van der Waals surface area contributed by atoms with Crippen LogP contribution in [0.1, 0.15) is 12.5 Å². The summed E-state index contributed by atoms with van der Waals surface area (Å²) < 4.78 is 10.7. The van der Waals surface area contributed by atoms with E-state index in [1.54, 1.807) is 32.2 Å². The van der Waals surface area contributed by atoms with Crippen LogP contribution in [0, 0.1) is 0 Å². The molecular weight excluding hydrogens is 349 g/mol. The minimum atomic E-state index is -0.653. The minimum Gasteiger partial charge on any atom is -0.497 e.